The number of nitrogens with zero attached hydrogens (tertiary/aromatic N) is 1. The first-order chi connectivity index (χ1) is 18.9. The van der Waals surface area contributed by atoms with Crippen LogP contribution in [0.5, 0.6) is 0 Å². The van der Waals surface area contributed by atoms with E-state index in [1.54, 1.807) is 31.7 Å². The summed E-state index contributed by atoms with van der Waals surface area (Å²) in [4.78, 5) is 41.8. The highest BCUT2D eigenvalue weighted by atomic mass is 35.5. The molecule has 0 heterocycles. The largest absolute Gasteiger partial charge is 0.444 e. The SMILES string of the molecule is CCCCCCCCN(C(=O)CNC(=O)OC(C)(C)C)C(C(=O)Nc1c(C)cccc1Cl)c1c(C)cccc1C. The number of hydrogen-bond donors (Lipinski definition) is 2. The van der Waals surface area contributed by atoms with Crippen molar-refractivity contribution in [2.45, 2.75) is 98.6 Å². The van der Waals surface area contributed by atoms with Crippen LogP contribution in [-0.4, -0.2) is 41.5 Å². The fourth-order valence-electron chi connectivity index (χ4n) is 4.69. The average molecular weight is 572 g/mol. The third kappa shape index (κ3) is 10.2. The molecule has 40 heavy (non-hydrogen) atoms. The van der Waals surface area contributed by atoms with Crippen molar-refractivity contribution in [2.24, 2.45) is 0 Å². The van der Waals surface area contributed by atoms with E-state index in [0.717, 1.165) is 54.4 Å². The number of ether oxygens (including phenoxy) is 1. The number of halogens is 1. The van der Waals surface area contributed by atoms with Crippen LogP contribution in [0.3, 0.4) is 0 Å². The molecular formula is C32H46ClN3O4. The van der Waals surface area contributed by atoms with Crippen LogP contribution in [0.1, 0.15) is 94.5 Å². The Morgan fingerprint density at radius 3 is 2.08 bits per heavy atom. The van der Waals surface area contributed by atoms with E-state index in [0.29, 0.717) is 17.3 Å². The molecule has 0 aliphatic carbocycles. The van der Waals surface area contributed by atoms with Gasteiger partial charge in [0.15, 0.2) is 0 Å². The number of para-hydroxylation sites is 1. The summed E-state index contributed by atoms with van der Waals surface area (Å²) < 4.78 is 5.33. The maximum absolute atomic E-state index is 14.1. The molecule has 2 N–H and O–H groups in total. The standard InChI is InChI=1S/C32H46ClN3O4/c1-8-9-10-11-12-13-20-36(26(37)21-34-31(39)40-32(5,6)7)29(27-22(2)16-14-17-23(27)3)30(38)35-28-24(4)18-15-19-25(28)33/h14-19,29H,8-13,20-21H2,1-7H3,(H,34,39)(H,35,38). The minimum Gasteiger partial charge on any atom is -0.444 e. The lowest BCUT2D eigenvalue weighted by Crippen LogP contribution is -2.47. The molecule has 2 aromatic carbocycles. The maximum atomic E-state index is 14.1. The third-order valence-electron chi connectivity index (χ3n) is 6.70. The van der Waals surface area contributed by atoms with Gasteiger partial charge in [-0.3, -0.25) is 9.59 Å². The molecule has 0 aromatic heterocycles. The molecule has 0 aliphatic heterocycles. The molecule has 7 nitrogen and oxygen atoms in total. The average Bonchev–Trinajstić information content (AvgIpc) is 2.86. The monoisotopic (exact) mass is 571 g/mol. The number of hydrogen-bond acceptors (Lipinski definition) is 4. The molecule has 0 saturated heterocycles. The minimum absolute atomic E-state index is 0.287. The molecular weight excluding hydrogens is 526 g/mol. The van der Waals surface area contributed by atoms with Crippen molar-refractivity contribution < 1.29 is 19.1 Å². The van der Waals surface area contributed by atoms with Gasteiger partial charge < -0.3 is 20.3 Å². The summed E-state index contributed by atoms with van der Waals surface area (Å²) in [6.45, 7) is 13.3. The normalized spacial score (nSPS) is 12.0. The van der Waals surface area contributed by atoms with Gasteiger partial charge in [-0.05, 0) is 76.3 Å². The molecule has 0 aliphatic rings. The lowest BCUT2D eigenvalue weighted by molar-refractivity contribution is -0.138. The number of nitrogens with one attached hydrogen (secondary N) is 2. The highest BCUT2D eigenvalue weighted by Crippen LogP contribution is 2.32. The number of rotatable bonds is 13. The fraction of sp³-hybridized carbons (Fsp3) is 0.531. The van der Waals surface area contributed by atoms with Crippen LogP contribution in [-0.2, 0) is 14.3 Å². The summed E-state index contributed by atoms with van der Waals surface area (Å²) in [6.07, 6.45) is 5.52. The van der Waals surface area contributed by atoms with Crippen LogP contribution in [0, 0.1) is 20.8 Å². The Labute approximate surface area is 245 Å². The van der Waals surface area contributed by atoms with Crippen molar-refractivity contribution in [1.82, 2.24) is 10.2 Å². The Balaban J connectivity index is 2.45. The number of unbranched alkanes of at least 4 members (excludes halogenated alkanes) is 5. The summed E-state index contributed by atoms with van der Waals surface area (Å²) in [7, 11) is 0. The zero-order chi connectivity index (χ0) is 29.9. The van der Waals surface area contributed by atoms with Crippen LogP contribution in [0.25, 0.3) is 0 Å². The highest BCUT2D eigenvalue weighted by molar-refractivity contribution is 6.34. The quantitative estimate of drug-likeness (QED) is 0.242. The predicted molar refractivity (Wildman–Crippen MR) is 163 cm³/mol. The molecule has 1 atom stereocenters. The first kappa shape index (κ1) is 33.1. The van der Waals surface area contributed by atoms with Gasteiger partial charge in [0.1, 0.15) is 18.2 Å². The van der Waals surface area contributed by atoms with Gasteiger partial charge in [-0.25, -0.2) is 4.79 Å². The van der Waals surface area contributed by atoms with E-state index >= 15 is 0 Å². The Kier molecular flexibility index (Phi) is 13.0. The number of aryl methyl sites for hydroxylation is 3. The van der Waals surface area contributed by atoms with E-state index < -0.39 is 17.7 Å². The van der Waals surface area contributed by atoms with Crippen molar-refractivity contribution in [3.63, 3.8) is 0 Å². The number of alkyl carbamates (subject to hydrolysis) is 1. The van der Waals surface area contributed by atoms with Crippen molar-refractivity contribution in [1.29, 1.82) is 0 Å². The second-order valence-electron chi connectivity index (χ2n) is 11.3. The van der Waals surface area contributed by atoms with Gasteiger partial charge in [0.2, 0.25) is 5.91 Å². The number of benzene rings is 2. The van der Waals surface area contributed by atoms with E-state index in [4.69, 9.17) is 16.3 Å². The number of carbonyl (C=O) groups is 3. The van der Waals surface area contributed by atoms with Gasteiger partial charge in [-0.2, -0.15) is 0 Å². The van der Waals surface area contributed by atoms with Crippen LogP contribution >= 0.6 is 11.6 Å². The first-order valence-electron chi connectivity index (χ1n) is 14.2. The van der Waals surface area contributed by atoms with Crippen molar-refractivity contribution >= 4 is 35.2 Å². The molecule has 2 rings (SSSR count). The summed E-state index contributed by atoms with van der Waals surface area (Å²) in [6, 6.07) is 10.3. The predicted octanol–water partition coefficient (Wildman–Crippen LogP) is 7.66. The molecule has 8 heteroatoms. The van der Waals surface area contributed by atoms with E-state index in [9.17, 15) is 14.4 Å². The Hall–Kier alpha value is -3.06. The Bertz CT molecular complexity index is 1120. The minimum atomic E-state index is -0.916. The molecule has 1 unspecified atom stereocenters. The van der Waals surface area contributed by atoms with Crippen molar-refractivity contribution in [3.05, 3.63) is 63.7 Å². The second kappa shape index (κ2) is 15.7. The molecule has 0 fully saturated rings. The van der Waals surface area contributed by atoms with Gasteiger partial charge in [0.05, 0.1) is 10.7 Å². The van der Waals surface area contributed by atoms with E-state index in [-0.39, 0.29) is 18.4 Å². The van der Waals surface area contributed by atoms with Gasteiger partial charge in [-0.1, -0.05) is 81.0 Å². The van der Waals surface area contributed by atoms with E-state index in [1.165, 1.54) is 6.42 Å². The van der Waals surface area contributed by atoms with Crippen molar-refractivity contribution in [2.75, 3.05) is 18.4 Å². The molecule has 0 spiro atoms. The topological polar surface area (TPSA) is 87.7 Å². The second-order valence-corrected chi connectivity index (χ2v) is 11.7. The summed E-state index contributed by atoms with van der Waals surface area (Å²) in [5, 5.41) is 6.00. The van der Waals surface area contributed by atoms with Gasteiger partial charge in [0, 0.05) is 6.54 Å². The van der Waals surface area contributed by atoms with Crippen molar-refractivity contribution in [3.8, 4) is 0 Å². The molecule has 220 valence electrons. The highest BCUT2D eigenvalue weighted by Gasteiger charge is 2.34. The molecule has 0 radical (unpaired) electrons. The summed E-state index contributed by atoms with van der Waals surface area (Å²) >= 11 is 6.45. The lowest BCUT2D eigenvalue weighted by Gasteiger charge is -2.33. The molecule has 0 bridgehead atoms. The van der Waals surface area contributed by atoms with Crippen LogP contribution in [0.15, 0.2) is 36.4 Å². The first-order valence-corrected chi connectivity index (χ1v) is 14.6. The smallest absolute Gasteiger partial charge is 0.408 e. The van der Waals surface area contributed by atoms with E-state index in [1.807, 2.05) is 51.1 Å². The van der Waals surface area contributed by atoms with Gasteiger partial charge in [0.25, 0.3) is 5.91 Å². The van der Waals surface area contributed by atoms with Gasteiger partial charge in [-0.15, -0.1) is 0 Å². The number of anilines is 1. The zero-order valence-electron chi connectivity index (χ0n) is 25.2. The lowest BCUT2D eigenvalue weighted by atomic mass is 9.93. The number of carbonyl (C=O) groups excluding carboxylic acids is 3. The van der Waals surface area contributed by atoms with E-state index in [2.05, 4.69) is 17.6 Å². The number of amides is 3. The zero-order valence-corrected chi connectivity index (χ0v) is 25.9. The van der Waals surface area contributed by atoms with Gasteiger partial charge >= 0.3 is 6.09 Å². The van der Waals surface area contributed by atoms with Crippen LogP contribution in [0.2, 0.25) is 5.02 Å². The molecule has 3 amide bonds. The third-order valence-corrected chi connectivity index (χ3v) is 7.02. The molecule has 0 saturated carbocycles. The molecule has 2 aromatic rings. The summed E-state index contributed by atoms with van der Waals surface area (Å²) in [5.74, 6) is -0.719. The van der Waals surface area contributed by atoms with Crippen LogP contribution in [0.4, 0.5) is 10.5 Å². The Morgan fingerprint density at radius 1 is 0.900 bits per heavy atom. The van der Waals surface area contributed by atoms with Crippen LogP contribution < -0.4 is 10.6 Å². The maximum Gasteiger partial charge on any atom is 0.408 e. The summed E-state index contributed by atoms with van der Waals surface area (Å²) in [5.41, 5.74) is 3.21. The fourth-order valence-corrected chi connectivity index (χ4v) is 4.96. The Morgan fingerprint density at radius 2 is 1.48 bits per heavy atom.